The highest BCUT2D eigenvalue weighted by atomic mass is 35.5. The molecule has 1 rings (SSSR count). The van der Waals surface area contributed by atoms with Crippen molar-refractivity contribution in [1.29, 1.82) is 0 Å². The van der Waals surface area contributed by atoms with Gasteiger partial charge in [0.25, 0.3) is 0 Å². The molecule has 0 radical (unpaired) electrons. The van der Waals surface area contributed by atoms with E-state index in [1.54, 1.807) is 13.8 Å². The molecule has 1 fully saturated rings. The quantitative estimate of drug-likeness (QED) is 0.496. The first-order valence-electron chi connectivity index (χ1n) is 4.39. The molecular formula is C8H13ClN2O3. The molecular weight excluding hydrogens is 208 g/mol. The lowest BCUT2D eigenvalue weighted by molar-refractivity contribution is 0.0655. The van der Waals surface area contributed by atoms with Gasteiger partial charge in [-0.1, -0.05) is 0 Å². The smallest absolute Gasteiger partial charge is 0.407 e. The number of amides is 2. The van der Waals surface area contributed by atoms with Gasteiger partial charge in [0.1, 0.15) is 0 Å². The summed E-state index contributed by atoms with van der Waals surface area (Å²) in [6, 6.07) is -0.362. The number of nitrogens with zero attached hydrogens (tertiary/aromatic N) is 2. The second-order valence-electron chi connectivity index (χ2n) is 3.54. The number of carbonyl (C=O) groups is 2. The Labute approximate surface area is 87.2 Å². The van der Waals surface area contributed by atoms with Gasteiger partial charge in [-0.15, -0.1) is 0 Å². The van der Waals surface area contributed by atoms with Crippen molar-refractivity contribution in [3.8, 4) is 0 Å². The lowest BCUT2D eigenvalue weighted by atomic mass is 10.1. The first-order chi connectivity index (χ1) is 6.43. The van der Waals surface area contributed by atoms with Gasteiger partial charge in [0.15, 0.2) is 0 Å². The molecule has 0 spiro atoms. The molecule has 0 aromatic rings. The number of rotatable bonds is 0. The fraction of sp³-hybridized carbons (Fsp3) is 0.750. The van der Waals surface area contributed by atoms with Crippen molar-refractivity contribution < 1.29 is 14.7 Å². The van der Waals surface area contributed by atoms with Crippen molar-refractivity contribution in [2.75, 3.05) is 13.1 Å². The maximum Gasteiger partial charge on any atom is 0.407 e. The van der Waals surface area contributed by atoms with E-state index in [-0.39, 0.29) is 12.1 Å². The Morgan fingerprint density at radius 3 is 2.07 bits per heavy atom. The Morgan fingerprint density at radius 1 is 1.21 bits per heavy atom. The van der Waals surface area contributed by atoms with Crippen LogP contribution < -0.4 is 0 Å². The number of carboxylic acid groups (broad SMARTS) is 1. The summed E-state index contributed by atoms with van der Waals surface area (Å²) in [5.74, 6) is 0. The van der Waals surface area contributed by atoms with Gasteiger partial charge >= 0.3 is 11.5 Å². The van der Waals surface area contributed by atoms with Crippen LogP contribution in [-0.4, -0.2) is 51.5 Å². The normalized spacial score (nSPS) is 27.6. The van der Waals surface area contributed by atoms with E-state index in [0.717, 1.165) is 0 Å². The van der Waals surface area contributed by atoms with Gasteiger partial charge in [-0.3, -0.25) is 4.79 Å². The summed E-state index contributed by atoms with van der Waals surface area (Å²) in [5.41, 5.74) is 0. The summed E-state index contributed by atoms with van der Waals surface area (Å²) < 4.78 is 0. The number of halogens is 1. The van der Waals surface area contributed by atoms with Gasteiger partial charge < -0.3 is 14.9 Å². The highest BCUT2D eigenvalue weighted by Crippen LogP contribution is 2.16. The Bertz CT molecular complexity index is 233. The minimum atomic E-state index is -0.953. The van der Waals surface area contributed by atoms with Crippen molar-refractivity contribution >= 4 is 23.1 Å². The number of carbonyl (C=O) groups excluding carboxylic acids is 1. The predicted molar refractivity (Wildman–Crippen MR) is 51.6 cm³/mol. The fourth-order valence-electron chi connectivity index (χ4n) is 1.64. The van der Waals surface area contributed by atoms with Crippen LogP contribution in [0.2, 0.25) is 0 Å². The molecule has 1 aliphatic heterocycles. The van der Waals surface area contributed by atoms with E-state index in [1.165, 1.54) is 9.80 Å². The molecule has 1 N–H and O–H groups in total. The SMILES string of the molecule is C[C@@H]1CN(C(=O)O)[C@@H](C)CN1C(=O)Cl. The monoisotopic (exact) mass is 220 g/mol. The lowest BCUT2D eigenvalue weighted by Gasteiger charge is -2.41. The van der Waals surface area contributed by atoms with Crippen LogP contribution in [0.4, 0.5) is 9.59 Å². The molecule has 0 aromatic heterocycles. The minimum Gasteiger partial charge on any atom is -0.465 e. The summed E-state index contributed by atoms with van der Waals surface area (Å²) in [4.78, 5) is 24.5. The molecule has 14 heavy (non-hydrogen) atoms. The van der Waals surface area contributed by atoms with Crippen molar-refractivity contribution in [1.82, 2.24) is 9.80 Å². The van der Waals surface area contributed by atoms with Crippen LogP contribution in [0.3, 0.4) is 0 Å². The standard InChI is InChI=1S/C8H13ClN2O3/c1-5-4-11(8(13)14)6(2)3-10(5)7(9)12/h5-6H,3-4H2,1-2H3,(H,13,14)/t5-,6+/m1/s1. The molecule has 2 amide bonds. The molecule has 5 nitrogen and oxygen atoms in total. The summed E-state index contributed by atoms with van der Waals surface area (Å²) >= 11 is 5.37. The van der Waals surface area contributed by atoms with Crippen molar-refractivity contribution in [2.24, 2.45) is 0 Å². The molecule has 0 unspecified atom stereocenters. The zero-order chi connectivity index (χ0) is 10.9. The summed E-state index contributed by atoms with van der Waals surface area (Å²) in [5, 5.41) is 8.32. The molecule has 0 aliphatic carbocycles. The van der Waals surface area contributed by atoms with Crippen molar-refractivity contribution in [2.45, 2.75) is 25.9 Å². The highest BCUT2D eigenvalue weighted by molar-refractivity contribution is 6.62. The van der Waals surface area contributed by atoms with E-state index in [4.69, 9.17) is 16.7 Å². The van der Waals surface area contributed by atoms with Crippen LogP contribution in [0.15, 0.2) is 0 Å². The van der Waals surface area contributed by atoms with Crippen LogP contribution in [-0.2, 0) is 0 Å². The molecule has 2 atom stereocenters. The van der Waals surface area contributed by atoms with E-state index in [2.05, 4.69) is 0 Å². The summed E-state index contributed by atoms with van der Waals surface area (Å²) in [6.07, 6.45) is -0.953. The first kappa shape index (κ1) is 11.1. The minimum absolute atomic E-state index is 0.160. The Balaban J connectivity index is 2.71. The van der Waals surface area contributed by atoms with E-state index in [1.807, 2.05) is 0 Å². The van der Waals surface area contributed by atoms with Crippen LogP contribution in [0.1, 0.15) is 13.8 Å². The van der Waals surface area contributed by atoms with Crippen LogP contribution in [0, 0.1) is 0 Å². The molecule has 1 saturated heterocycles. The van der Waals surface area contributed by atoms with Gasteiger partial charge in [-0.2, -0.15) is 0 Å². The van der Waals surface area contributed by atoms with E-state index in [9.17, 15) is 9.59 Å². The molecule has 0 aromatic carbocycles. The Kier molecular flexibility index (Phi) is 3.21. The number of piperazine rings is 1. The van der Waals surface area contributed by atoms with E-state index >= 15 is 0 Å². The van der Waals surface area contributed by atoms with Crippen LogP contribution in [0.5, 0.6) is 0 Å². The average molecular weight is 221 g/mol. The van der Waals surface area contributed by atoms with Gasteiger partial charge in [-0.05, 0) is 25.4 Å². The maximum atomic E-state index is 11.0. The molecule has 1 aliphatic rings. The zero-order valence-corrected chi connectivity index (χ0v) is 8.86. The van der Waals surface area contributed by atoms with Gasteiger partial charge in [0.2, 0.25) is 0 Å². The van der Waals surface area contributed by atoms with Crippen molar-refractivity contribution in [3.05, 3.63) is 0 Å². The predicted octanol–water partition coefficient (Wildman–Crippen LogP) is 1.42. The summed E-state index contributed by atoms with van der Waals surface area (Å²) in [6.45, 7) is 4.21. The zero-order valence-electron chi connectivity index (χ0n) is 8.11. The van der Waals surface area contributed by atoms with Crippen molar-refractivity contribution in [3.63, 3.8) is 0 Å². The van der Waals surface area contributed by atoms with Gasteiger partial charge in [0, 0.05) is 25.2 Å². The Morgan fingerprint density at radius 2 is 1.64 bits per heavy atom. The first-order valence-corrected chi connectivity index (χ1v) is 4.77. The Hall–Kier alpha value is -0.970. The van der Waals surface area contributed by atoms with E-state index < -0.39 is 11.5 Å². The van der Waals surface area contributed by atoms with Crippen LogP contribution in [0.25, 0.3) is 0 Å². The number of hydrogen-bond acceptors (Lipinski definition) is 2. The van der Waals surface area contributed by atoms with E-state index in [0.29, 0.717) is 13.1 Å². The van der Waals surface area contributed by atoms with Gasteiger partial charge in [-0.25, -0.2) is 4.79 Å². The molecule has 6 heteroatoms. The van der Waals surface area contributed by atoms with Crippen LogP contribution >= 0.6 is 11.6 Å². The third kappa shape index (κ3) is 2.09. The summed E-state index contributed by atoms with van der Waals surface area (Å²) in [7, 11) is 0. The average Bonchev–Trinajstić information content (AvgIpc) is 2.07. The molecule has 1 heterocycles. The topological polar surface area (TPSA) is 60.9 Å². The lowest BCUT2D eigenvalue weighted by Crippen LogP contribution is -2.58. The maximum absolute atomic E-state index is 11.0. The third-order valence-corrected chi connectivity index (χ3v) is 2.67. The molecule has 0 saturated carbocycles. The molecule has 80 valence electrons. The fourth-order valence-corrected chi connectivity index (χ4v) is 1.87. The molecule has 0 bridgehead atoms. The highest BCUT2D eigenvalue weighted by Gasteiger charge is 2.33. The second kappa shape index (κ2) is 4.04. The number of hydrogen-bond donors (Lipinski definition) is 1. The largest absolute Gasteiger partial charge is 0.465 e. The van der Waals surface area contributed by atoms with Gasteiger partial charge in [0.05, 0.1) is 0 Å². The third-order valence-electron chi connectivity index (χ3n) is 2.46. The second-order valence-corrected chi connectivity index (χ2v) is 3.86.